The molecule has 2 aromatic rings. The molecule has 2 rings (SSSR count). The second kappa shape index (κ2) is 7.27. The van der Waals surface area contributed by atoms with Gasteiger partial charge in [0.25, 0.3) is 0 Å². The molecule has 1 heterocycles. The van der Waals surface area contributed by atoms with E-state index < -0.39 is 5.38 Å². The number of carbonyl (C=O) groups is 1. The van der Waals surface area contributed by atoms with Crippen molar-refractivity contribution >= 4 is 23.2 Å². The maximum Gasteiger partial charge on any atom is 0.246 e. The molecule has 112 valence electrons. The molecule has 5 heteroatoms. The van der Waals surface area contributed by atoms with E-state index in [1.165, 1.54) is 0 Å². The van der Waals surface area contributed by atoms with Crippen molar-refractivity contribution in [1.82, 2.24) is 9.78 Å². The van der Waals surface area contributed by atoms with Gasteiger partial charge in [0.15, 0.2) is 0 Å². The van der Waals surface area contributed by atoms with Gasteiger partial charge in [0, 0.05) is 18.1 Å². The van der Waals surface area contributed by atoms with Crippen LogP contribution in [0.2, 0.25) is 0 Å². The number of alkyl halides is 1. The Balaban J connectivity index is 2.37. The van der Waals surface area contributed by atoms with Crippen LogP contribution in [0, 0.1) is 0 Å². The van der Waals surface area contributed by atoms with Crippen molar-refractivity contribution < 1.29 is 4.79 Å². The normalized spacial score (nSPS) is 12.1. The Bertz CT molecular complexity index is 583. The van der Waals surface area contributed by atoms with Crippen LogP contribution < -0.4 is 4.90 Å². The maximum absolute atomic E-state index is 12.6. The van der Waals surface area contributed by atoms with Gasteiger partial charge < -0.3 is 0 Å². The lowest BCUT2D eigenvalue weighted by Gasteiger charge is -2.26. The number of aromatic nitrogens is 2. The molecule has 0 aliphatic heterocycles. The number of para-hydroxylation sites is 1. The average Bonchev–Trinajstić information content (AvgIpc) is 3.04. The molecule has 0 N–H and O–H groups in total. The van der Waals surface area contributed by atoms with Crippen LogP contribution in [-0.4, -0.2) is 21.1 Å². The van der Waals surface area contributed by atoms with E-state index in [0.29, 0.717) is 13.1 Å². The summed E-state index contributed by atoms with van der Waals surface area (Å²) < 4.78 is 1.73. The van der Waals surface area contributed by atoms with Crippen LogP contribution in [0.15, 0.2) is 42.7 Å². The fourth-order valence-electron chi connectivity index (χ4n) is 2.21. The summed E-state index contributed by atoms with van der Waals surface area (Å²) in [7, 11) is 0. The molecule has 4 nitrogen and oxygen atoms in total. The van der Waals surface area contributed by atoms with E-state index >= 15 is 0 Å². The summed E-state index contributed by atoms with van der Waals surface area (Å²) in [5, 5.41) is 3.66. The van der Waals surface area contributed by atoms with Crippen molar-refractivity contribution in [1.29, 1.82) is 0 Å². The van der Waals surface area contributed by atoms with Crippen molar-refractivity contribution in [2.45, 2.75) is 38.7 Å². The third kappa shape index (κ3) is 3.64. The SMILES string of the molecule is CCc1ccccc1N(Cn1cccn1)C(=O)C(Cl)CC. The number of benzene rings is 1. The van der Waals surface area contributed by atoms with Crippen LogP contribution in [0.3, 0.4) is 0 Å². The van der Waals surface area contributed by atoms with Crippen molar-refractivity contribution in [3.8, 4) is 0 Å². The van der Waals surface area contributed by atoms with Crippen LogP contribution in [0.5, 0.6) is 0 Å². The highest BCUT2D eigenvalue weighted by atomic mass is 35.5. The molecule has 0 saturated heterocycles. The number of nitrogens with zero attached hydrogens (tertiary/aromatic N) is 3. The summed E-state index contributed by atoms with van der Waals surface area (Å²) in [4.78, 5) is 14.3. The first-order valence-electron chi connectivity index (χ1n) is 7.18. The second-order valence-corrected chi connectivity index (χ2v) is 5.34. The van der Waals surface area contributed by atoms with Gasteiger partial charge in [-0.05, 0) is 30.5 Å². The quantitative estimate of drug-likeness (QED) is 0.767. The molecule has 0 radical (unpaired) electrons. The second-order valence-electron chi connectivity index (χ2n) is 4.81. The Morgan fingerprint density at radius 3 is 2.71 bits per heavy atom. The van der Waals surface area contributed by atoms with E-state index in [1.807, 2.05) is 43.5 Å². The lowest BCUT2D eigenvalue weighted by molar-refractivity contribution is -0.118. The van der Waals surface area contributed by atoms with Gasteiger partial charge in [-0.1, -0.05) is 32.0 Å². The van der Waals surface area contributed by atoms with E-state index in [-0.39, 0.29) is 5.91 Å². The highest BCUT2D eigenvalue weighted by Gasteiger charge is 2.24. The summed E-state index contributed by atoms with van der Waals surface area (Å²) in [5.41, 5.74) is 2.03. The lowest BCUT2D eigenvalue weighted by atomic mass is 10.1. The third-order valence-electron chi connectivity index (χ3n) is 3.40. The molecule has 1 aromatic carbocycles. The van der Waals surface area contributed by atoms with Crippen molar-refractivity contribution in [2.24, 2.45) is 0 Å². The number of hydrogen-bond acceptors (Lipinski definition) is 2. The highest BCUT2D eigenvalue weighted by Crippen LogP contribution is 2.24. The van der Waals surface area contributed by atoms with Gasteiger partial charge in [-0.15, -0.1) is 11.6 Å². The van der Waals surface area contributed by atoms with Gasteiger partial charge in [0.05, 0.1) is 0 Å². The summed E-state index contributed by atoms with van der Waals surface area (Å²) in [6.07, 6.45) is 5.00. The zero-order chi connectivity index (χ0) is 15.2. The lowest BCUT2D eigenvalue weighted by Crippen LogP contribution is -2.38. The number of rotatable bonds is 6. The van der Waals surface area contributed by atoms with E-state index in [4.69, 9.17) is 11.6 Å². The van der Waals surface area contributed by atoms with Crippen molar-refractivity contribution in [3.63, 3.8) is 0 Å². The molecular weight excluding hydrogens is 286 g/mol. The molecule has 0 fully saturated rings. The smallest absolute Gasteiger partial charge is 0.246 e. The molecule has 1 atom stereocenters. The number of anilines is 1. The fraction of sp³-hybridized carbons (Fsp3) is 0.375. The van der Waals surface area contributed by atoms with Crippen LogP contribution >= 0.6 is 11.6 Å². The summed E-state index contributed by atoms with van der Waals surface area (Å²) in [6.45, 7) is 4.35. The zero-order valence-electron chi connectivity index (χ0n) is 12.4. The first-order valence-corrected chi connectivity index (χ1v) is 7.61. The van der Waals surface area contributed by atoms with Gasteiger partial charge in [0.2, 0.25) is 5.91 Å². The Labute approximate surface area is 130 Å². The Hall–Kier alpha value is -1.81. The molecule has 1 aromatic heterocycles. The molecular formula is C16H20ClN3O. The Kier molecular flexibility index (Phi) is 5.39. The van der Waals surface area contributed by atoms with Crippen LogP contribution in [-0.2, 0) is 17.9 Å². The number of halogens is 1. The average molecular weight is 306 g/mol. The molecule has 21 heavy (non-hydrogen) atoms. The largest absolute Gasteiger partial charge is 0.291 e. The first kappa shape index (κ1) is 15.6. The van der Waals surface area contributed by atoms with E-state index in [0.717, 1.165) is 17.7 Å². The van der Waals surface area contributed by atoms with E-state index in [1.54, 1.807) is 15.8 Å². The molecule has 1 amide bonds. The third-order valence-corrected chi connectivity index (χ3v) is 3.90. The molecule has 0 bridgehead atoms. The minimum absolute atomic E-state index is 0.0874. The standard InChI is InChI=1S/C16H20ClN3O/c1-3-13-8-5-6-9-15(13)20(16(21)14(17)4-2)12-19-11-7-10-18-19/h5-11,14H,3-4,12H2,1-2H3. The van der Waals surface area contributed by atoms with Crippen LogP contribution in [0.25, 0.3) is 0 Å². The van der Waals surface area contributed by atoms with Crippen molar-refractivity contribution in [3.05, 3.63) is 48.3 Å². The predicted molar refractivity (Wildman–Crippen MR) is 85.5 cm³/mol. The summed E-state index contributed by atoms with van der Waals surface area (Å²) in [6, 6.07) is 9.75. The number of carbonyl (C=O) groups excluding carboxylic acids is 1. The van der Waals surface area contributed by atoms with Gasteiger partial charge in [-0.25, -0.2) is 0 Å². The zero-order valence-corrected chi connectivity index (χ0v) is 13.1. The minimum atomic E-state index is -0.523. The molecule has 0 aliphatic rings. The monoisotopic (exact) mass is 305 g/mol. The molecule has 1 unspecified atom stereocenters. The number of hydrogen-bond donors (Lipinski definition) is 0. The van der Waals surface area contributed by atoms with Crippen LogP contribution in [0.1, 0.15) is 25.8 Å². The summed E-state index contributed by atoms with van der Waals surface area (Å²) >= 11 is 6.18. The molecule has 0 aliphatic carbocycles. The maximum atomic E-state index is 12.6. The summed E-state index contributed by atoms with van der Waals surface area (Å²) in [5.74, 6) is -0.0874. The van der Waals surface area contributed by atoms with Gasteiger partial charge in [-0.2, -0.15) is 5.10 Å². The minimum Gasteiger partial charge on any atom is -0.291 e. The number of aryl methyl sites for hydroxylation is 1. The Morgan fingerprint density at radius 1 is 1.33 bits per heavy atom. The van der Waals surface area contributed by atoms with E-state index in [9.17, 15) is 4.79 Å². The molecule has 0 spiro atoms. The predicted octanol–water partition coefficient (Wildman–Crippen LogP) is 3.45. The molecule has 0 saturated carbocycles. The van der Waals surface area contributed by atoms with Gasteiger partial charge >= 0.3 is 0 Å². The highest BCUT2D eigenvalue weighted by molar-refractivity contribution is 6.32. The fourth-order valence-corrected chi connectivity index (χ4v) is 2.33. The van der Waals surface area contributed by atoms with Gasteiger partial charge in [-0.3, -0.25) is 14.4 Å². The van der Waals surface area contributed by atoms with Crippen LogP contribution in [0.4, 0.5) is 5.69 Å². The topological polar surface area (TPSA) is 38.1 Å². The van der Waals surface area contributed by atoms with Gasteiger partial charge in [0.1, 0.15) is 12.0 Å². The van der Waals surface area contributed by atoms with Crippen molar-refractivity contribution in [2.75, 3.05) is 4.90 Å². The van der Waals surface area contributed by atoms with E-state index in [2.05, 4.69) is 12.0 Å². The number of amides is 1. The Morgan fingerprint density at radius 2 is 2.10 bits per heavy atom. The first-order chi connectivity index (χ1) is 10.2.